The number of allylic oxidation sites excluding steroid dienone is 4. The molecule has 1 aliphatic carbocycles. The summed E-state index contributed by atoms with van der Waals surface area (Å²) in [6.07, 6.45) is 9.69. The van der Waals surface area contributed by atoms with Gasteiger partial charge in [0.2, 0.25) is 0 Å². The van der Waals surface area contributed by atoms with Crippen LogP contribution in [0.1, 0.15) is 93.9 Å². The largest absolute Gasteiger partial charge is 0.462 e. The predicted molar refractivity (Wildman–Crippen MR) is 224 cm³/mol. The standard InChI is InChI=1S/C45H63N3O10Si/c1-11-35-28(3)18-19-44(57-35)25-33-23-32(56-44)24-36(55-42(51)48-41(50)47-20-13-12-17-37(47)46-48)29(4)21-27(2)15-14-16-31-26-53-39-38(58-59(9,10)43(6,7)8)30(5)22-34(40(49)54-33)45(31,39)52/h12-17,20-22,27-28,32-36,38-39,52H,11,18-19,23-26H2,1-10H3/b15-14+,29-21+,31-16+/t27-,28-,32-,33-,34-,35+,36-,38+,39+,44+,45+/m0/s1. The number of aromatic nitrogens is 3. The van der Waals surface area contributed by atoms with E-state index >= 15 is 0 Å². The third-order valence-electron chi connectivity index (χ3n) is 13.7. The third-order valence-corrected chi connectivity index (χ3v) is 18.1. The van der Waals surface area contributed by atoms with Gasteiger partial charge in [0.25, 0.3) is 0 Å². The van der Waals surface area contributed by atoms with Gasteiger partial charge in [0.1, 0.15) is 29.8 Å². The summed E-state index contributed by atoms with van der Waals surface area (Å²) in [5.74, 6) is -2.50. The number of hydrogen-bond acceptors (Lipinski definition) is 11. The van der Waals surface area contributed by atoms with Gasteiger partial charge >= 0.3 is 17.8 Å². The van der Waals surface area contributed by atoms with Crippen LogP contribution in [-0.2, 0) is 32.9 Å². The van der Waals surface area contributed by atoms with Crippen molar-refractivity contribution in [3.05, 3.63) is 82.0 Å². The maximum Gasteiger partial charge on any atom is 0.440 e. The molecule has 322 valence electrons. The van der Waals surface area contributed by atoms with Crippen molar-refractivity contribution in [1.82, 2.24) is 14.2 Å². The Hall–Kier alpha value is -3.66. The lowest BCUT2D eigenvalue weighted by atomic mass is 9.71. The highest BCUT2D eigenvalue weighted by Gasteiger charge is 2.61. The Labute approximate surface area is 348 Å². The van der Waals surface area contributed by atoms with E-state index in [0.717, 1.165) is 28.7 Å². The third kappa shape index (κ3) is 8.37. The number of hydrogen-bond donors (Lipinski definition) is 1. The molecular weight excluding hydrogens is 771 g/mol. The van der Waals surface area contributed by atoms with Crippen molar-refractivity contribution in [2.24, 2.45) is 17.8 Å². The number of fused-ring (bicyclic) bond motifs is 3. The quantitative estimate of drug-likeness (QED) is 0.186. The topological polar surface area (TPSA) is 149 Å². The summed E-state index contributed by atoms with van der Waals surface area (Å²) >= 11 is 0. The number of carbonyl (C=O) groups is 2. The second kappa shape index (κ2) is 16.3. The van der Waals surface area contributed by atoms with Gasteiger partial charge in [-0.05, 0) is 85.5 Å². The van der Waals surface area contributed by atoms with E-state index in [-0.39, 0.29) is 30.1 Å². The van der Waals surface area contributed by atoms with Crippen molar-refractivity contribution >= 4 is 26.0 Å². The fourth-order valence-electron chi connectivity index (χ4n) is 9.21. The highest BCUT2D eigenvalue weighted by Crippen LogP contribution is 2.50. The zero-order chi connectivity index (χ0) is 42.7. The highest BCUT2D eigenvalue weighted by molar-refractivity contribution is 6.74. The first-order valence-corrected chi connectivity index (χ1v) is 24.3. The van der Waals surface area contributed by atoms with Crippen LogP contribution < -0.4 is 5.69 Å². The Morgan fingerprint density at radius 3 is 2.54 bits per heavy atom. The molecule has 0 saturated carbocycles. The van der Waals surface area contributed by atoms with Crippen molar-refractivity contribution in [1.29, 1.82) is 0 Å². The first-order valence-electron chi connectivity index (χ1n) is 21.3. The van der Waals surface area contributed by atoms with E-state index in [1.54, 1.807) is 24.4 Å². The molecular formula is C45H63N3O10Si. The van der Waals surface area contributed by atoms with E-state index < -0.39 is 73.9 Å². The molecule has 0 amide bonds. The number of rotatable bonds is 4. The number of esters is 1. The first kappa shape index (κ1) is 43.4. The number of pyridine rings is 1. The van der Waals surface area contributed by atoms with E-state index in [2.05, 4.69) is 52.8 Å². The SMILES string of the molecule is CC[C@H]1O[C@]2(CC[C@@H]1C)C[C@@H]1C[C@@H](C[C@H](OC(=O)n3nc4ccccn4c3=O)/C(C)=C/[C@@H](C)/C=C/C=C3\CO[C@@H]4[C@H](O[Si](C)(C)C(C)(C)C)C(C)=C[C@@H](C(=O)O1)[C@]34O)O2. The summed E-state index contributed by atoms with van der Waals surface area (Å²) in [6, 6.07) is 5.06. The summed E-state index contributed by atoms with van der Waals surface area (Å²) in [4.78, 5) is 41.7. The van der Waals surface area contributed by atoms with E-state index in [1.165, 1.54) is 4.40 Å². The number of ether oxygens (including phenoxy) is 5. The van der Waals surface area contributed by atoms with Crippen LogP contribution in [-0.4, -0.2) is 94.3 Å². The molecule has 7 rings (SSSR count). The Balaban J connectivity index is 1.28. The van der Waals surface area contributed by atoms with Crippen LogP contribution in [0.25, 0.3) is 5.65 Å². The van der Waals surface area contributed by atoms with E-state index in [9.17, 15) is 19.5 Å². The molecule has 6 heterocycles. The van der Waals surface area contributed by atoms with Crippen molar-refractivity contribution in [3.8, 4) is 0 Å². The Morgan fingerprint density at radius 2 is 1.83 bits per heavy atom. The van der Waals surface area contributed by atoms with Crippen LogP contribution in [0.15, 0.2) is 76.3 Å². The molecule has 1 spiro atoms. The summed E-state index contributed by atoms with van der Waals surface area (Å²) in [5, 5.41) is 17.1. The summed E-state index contributed by atoms with van der Waals surface area (Å²) in [6.45, 7) is 21.1. The molecule has 14 heteroatoms. The van der Waals surface area contributed by atoms with Crippen LogP contribution >= 0.6 is 0 Å². The molecule has 1 N–H and O–H groups in total. The van der Waals surface area contributed by atoms with Crippen molar-refractivity contribution in [2.45, 2.75) is 160 Å². The molecule has 11 atom stereocenters. The normalized spacial score (nSPS) is 38.1. The molecule has 0 aromatic carbocycles. The van der Waals surface area contributed by atoms with Gasteiger partial charge in [-0.3, -0.25) is 4.79 Å². The fourth-order valence-corrected chi connectivity index (χ4v) is 10.5. The molecule has 2 aromatic heterocycles. The maximum absolute atomic E-state index is 14.7. The van der Waals surface area contributed by atoms with Crippen LogP contribution in [0.2, 0.25) is 18.1 Å². The molecule has 3 saturated heterocycles. The number of carbonyl (C=O) groups excluding carboxylic acids is 2. The van der Waals surface area contributed by atoms with Gasteiger partial charge in [-0.15, -0.1) is 9.78 Å². The molecule has 5 aliphatic rings. The van der Waals surface area contributed by atoms with Crippen molar-refractivity contribution < 1.29 is 42.8 Å². The molecule has 3 fully saturated rings. The van der Waals surface area contributed by atoms with Crippen LogP contribution in [0.3, 0.4) is 0 Å². The lowest BCUT2D eigenvalue weighted by Crippen LogP contribution is -2.60. The van der Waals surface area contributed by atoms with Gasteiger partial charge in [-0.25, -0.2) is 14.0 Å². The minimum Gasteiger partial charge on any atom is -0.462 e. The second-order valence-corrected chi connectivity index (χ2v) is 23.8. The molecule has 2 bridgehead atoms. The van der Waals surface area contributed by atoms with E-state index in [1.807, 2.05) is 51.2 Å². The molecule has 2 aromatic rings. The molecule has 4 aliphatic heterocycles. The predicted octanol–water partition coefficient (Wildman–Crippen LogP) is 7.43. The molecule has 13 nitrogen and oxygen atoms in total. The average molecular weight is 834 g/mol. The van der Waals surface area contributed by atoms with Gasteiger partial charge in [0.05, 0.1) is 24.9 Å². The monoisotopic (exact) mass is 833 g/mol. The van der Waals surface area contributed by atoms with Crippen LogP contribution in [0.4, 0.5) is 4.79 Å². The van der Waals surface area contributed by atoms with Crippen molar-refractivity contribution in [2.75, 3.05) is 6.61 Å². The summed E-state index contributed by atoms with van der Waals surface area (Å²) < 4.78 is 41.8. The first-order chi connectivity index (χ1) is 27.7. The average Bonchev–Trinajstić information content (AvgIpc) is 3.69. The minimum atomic E-state index is -2.34. The molecule has 0 unspecified atom stereocenters. The minimum absolute atomic E-state index is 0.0620. The number of aliphatic hydroxyl groups is 1. The Bertz CT molecular complexity index is 2110. The van der Waals surface area contributed by atoms with Gasteiger partial charge in [0.15, 0.2) is 19.8 Å². The lowest BCUT2D eigenvalue weighted by Gasteiger charge is -2.50. The lowest BCUT2D eigenvalue weighted by molar-refractivity contribution is -0.337. The number of nitrogens with zero attached hydrogens (tertiary/aromatic N) is 3. The Kier molecular flexibility index (Phi) is 12.0. The smallest absolute Gasteiger partial charge is 0.440 e. The zero-order valence-corrected chi connectivity index (χ0v) is 37.3. The van der Waals surface area contributed by atoms with E-state index in [4.69, 9.17) is 28.1 Å². The van der Waals surface area contributed by atoms with Gasteiger partial charge < -0.3 is 33.2 Å². The van der Waals surface area contributed by atoms with Gasteiger partial charge in [-0.1, -0.05) is 78.0 Å². The van der Waals surface area contributed by atoms with E-state index in [0.29, 0.717) is 36.4 Å². The van der Waals surface area contributed by atoms with Crippen LogP contribution in [0.5, 0.6) is 0 Å². The second-order valence-electron chi connectivity index (χ2n) is 19.1. The Morgan fingerprint density at radius 1 is 1.07 bits per heavy atom. The van der Waals surface area contributed by atoms with Crippen LogP contribution in [0, 0.1) is 17.8 Å². The molecule has 59 heavy (non-hydrogen) atoms. The van der Waals surface area contributed by atoms with Gasteiger partial charge in [-0.2, -0.15) is 0 Å². The summed E-state index contributed by atoms with van der Waals surface area (Å²) in [7, 11) is -2.34. The van der Waals surface area contributed by atoms with Gasteiger partial charge in [0, 0.05) is 31.9 Å². The fraction of sp³-hybridized carbons (Fsp3) is 0.644. The highest BCUT2D eigenvalue weighted by atomic mass is 28.4. The van der Waals surface area contributed by atoms with Crippen molar-refractivity contribution in [3.63, 3.8) is 0 Å². The summed E-state index contributed by atoms with van der Waals surface area (Å²) in [5.41, 5.74) is 0.0868. The zero-order valence-electron chi connectivity index (χ0n) is 36.3. The maximum atomic E-state index is 14.7. The molecule has 0 radical (unpaired) electrons.